The standard InChI is InChI=1S/C10H20N2O2/c1-8(10(14)11-2)12-5-3-9(7-12)4-6-13/h8-9,13H,3-7H2,1-2H3,(H,11,14). The number of carbonyl (C=O) groups is 1. The summed E-state index contributed by atoms with van der Waals surface area (Å²) in [6.45, 7) is 4.10. The third kappa shape index (κ3) is 2.69. The molecule has 1 rings (SSSR count). The van der Waals surface area contributed by atoms with Crippen LogP contribution in [0.15, 0.2) is 0 Å². The summed E-state index contributed by atoms with van der Waals surface area (Å²) in [4.78, 5) is 13.5. The number of carbonyl (C=O) groups excluding carboxylic acids is 1. The van der Waals surface area contributed by atoms with Crippen LogP contribution in [-0.4, -0.2) is 48.7 Å². The van der Waals surface area contributed by atoms with Crippen molar-refractivity contribution in [3.05, 3.63) is 0 Å². The van der Waals surface area contributed by atoms with Gasteiger partial charge in [0.15, 0.2) is 0 Å². The fourth-order valence-corrected chi connectivity index (χ4v) is 2.01. The smallest absolute Gasteiger partial charge is 0.236 e. The molecule has 2 unspecified atom stereocenters. The second-order valence-corrected chi connectivity index (χ2v) is 3.95. The van der Waals surface area contributed by atoms with E-state index in [0.717, 1.165) is 25.9 Å². The molecule has 0 aromatic rings. The lowest BCUT2D eigenvalue weighted by Gasteiger charge is -2.22. The van der Waals surface area contributed by atoms with Crippen molar-refractivity contribution in [3.8, 4) is 0 Å². The van der Waals surface area contributed by atoms with Gasteiger partial charge in [0.25, 0.3) is 0 Å². The maximum absolute atomic E-state index is 11.4. The maximum atomic E-state index is 11.4. The quantitative estimate of drug-likeness (QED) is 0.662. The van der Waals surface area contributed by atoms with Crippen LogP contribution in [0.25, 0.3) is 0 Å². The van der Waals surface area contributed by atoms with E-state index in [1.165, 1.54) is 0 Å². The maximum Gasteiger partial charge on any atom is 0.236 e. The van der Waals surface area contributed by atoms with Crippen LogP contribution in [0.1, 0.15) is 19.8 Å². The minimum absolute atomic E-state index is 0.0382. The first kappa shape index (κ1) is 11.5. The van der Waals surface area contributed by atoms with Crippen molar-refractivity contribution in [2.45, 2.75) is 25.8 Å². The zero-order chi connectivity index (χ0) is 10.6. The normalized spacial score (nSPS) is 24.9. The highest BCUT2D eigenvalue weighted by Crippen LogP contribution is 2.20. The summed E-state index contributed by atoms with van der Waals surface area (Å²) in [6, 6.07) is -0.0382. The van der Waals surface area contributed by atoms with Crippen LogP contribution in [0, 0.1) is 5.92 Å². The van der Waals surface area contributed by atoms with E-state index in [4.69, 9.17) is 5.11 Å². The van der Waals surface area contributed by atoms with Crippen LogP contribution in [0.4, 0.5) is 0 Å². The first-order chi connectivity index (χ1) is 6.69. The number of nitrogens with one attached hydrogen (secondary N) is 1. The Morgan fingerprint density at radius 2 is 2.43 bits per heavy atom. The van der Waals surface area contributed by atoms with Crippen LogP contribution >= 0.6 is 0 Å². The highest BCUT2D eigenvalue weighted by atomic mass is 16.3. The lowest BCUT2D eigenvalue weighted by Crippen LogP contribution is -2.42. The van der Waals surface area contributed by atoms with Crippen molar-refractivity contribution in [1.29, 1.82) is 0 Å². The molecule has 0 saturated carbocycles. The highest BCUT2D eigenvalue weighted by molar-refractivity contribution is 5.80. The second-order valence-electron chi connectivity index (χ2n) is 3.95. The van der Waals surface area contributed by atoms with E-state index in [9.17, 15) is 4.79 Å². The lowest BCUT2D eigenvalue weighted by atomic mass is 10.1. The molecule has 1 aliphatic heterocycles. The van der Waals surface area contributed by atoms with E-state index < -0.39 is 0 Å². The van der Waals surface area contributed by atoms with Gasteiger partial charge in [-0.05, 0) is 32.2 Å². The minimum Gasteiger partial charge on any atom is -0.396 e. The Hall–Kier alpha value is -0.610. The van der Waals surface area contributed by atoms with E-state index in [1.54, 1.807) is 7.05 Å². The van der Waals surface area contributed by atoms with Gasteiger partial charge in [-0.1, -0.05) is 0 Å². The summed E-state index contributed by atoms with van der Waals surface area (Å²) in [5.41, 5.74) is 0. The van der Waals surface area contributed by atoms with Gasteiger partial charge in [-0.25, -0.2) is 0 Å². The molecule has 1 amide bonds. The number of rotatable bonds is 4. The Morgan fingerprint density at radius 1 is 1.71 bits per heavy atom. The predicted octanol–water partition coefficient (Wildman–Crippen LogP) is -0.175. The van der Waals surface area contributed by atoms with Gasteiger partial charge in [0.1, 0.15) is 0 Å². The summed E-state index contributed by atoms with van der Waals surface area (Å²) in [6.07, 6.45) is 1.96. The van der Waals surface area contributed by atoms with Crippen molar-refractivity contribution in [3.63, 3.8) is 0 Å². The van der Waals surface area contributed by atoms with Crippen molar-refractivity contribution in [1.82, 2.24) is 10.2 Å². The number of aliphatic hydroxyl groups is 1. The zero-order valence-corrected chi connectivity index (χ0v) is 8.99. The summed E-state index contributed by atoms with van der Waals surface area (Å²) >= 11 is 0. The molecule has 82 valence electrons. The van der Waals surface area contributed by atoms with Gasteiger partial charge >= 0.3 is 0 Å². The molecule has 4 nitrogen and oxygen atoms in total. The topological polar surface area (TPSA) is 52.6 Å². The van der Waals surface area contributed by atoms with Crippen LogP contribution in [-0.2, 0) is 4.79 Å². The number of hydrogen-bond acceptors (Lipinski definition) is 3. The lowest BCUT2D eigenvalue weighted by molar-refractivity contribution is -0.125. The Morgan fingerprint density at radius 3 is 3.00 bits per heavy atom. The number of aliphatic hydroxyl groups excluding tert-OH is 1. The van der Waals surface area contributed by atoms with Crippen molar-refractivity contribution < 1.29 is 9.90 Å². The average Bonchev–Trinajstić information content (AvgIpc) is 2.64. The van der Waals surface area contributed by atoms with Gasteiger partial charge in [0.2, 0.25) is 5.91 Å². The molecule has 0 spiro atoms. The Labute approximate surface area is 85.3 Å². The molecule has 1 fully saturated rings. The van der Waals surface area contributed by atoms with E-state index in [2.05, 4.69) is 10.2 Å². The van der Waals surface area contributed by atoms with E-state index >= 15 is 0 Å². The van der Waals surface area contributed by atoms with E-state index in [0.29, 0.717) is 5.92 Å². The Bertz CT molecular complexity index is 197. The molecule has 1 heterocycles. The van der Waals surface area contributed by atoms with E-state index in [-0.39, 0.29) is 18.6 Å². The largest absolute Gasteiger partial charge is 0.396 e. The van der Waals surface area contributed by atoms with E-state index in [1.807, 2.05) is 6.92 Å². The zero-order valence-electron chi connectivity index (χ0n) is 8.99. The van der Waals surface area contributed by atoms with Crippen LogP contribution < -0.4 is 5.32 Å². The third-order valence-electron chi connectivity index (χ3n) is 3.03. The average molecular weight is 200 g/mol. The summed E-state index contributed by atoms with van der Waals surface area (Å²) in [5, 5.41) is 11.5. The molecule has 0 aliphatic carbocycles. The van der Waals surface area contributed by atoms with Gasteiger partial charge < -0.3 is 10.4 Å². The fraction of sp³-hybridized carbons (Fsp3) is 0.900. The second kappa shape index (κ2) is 5.32. The van der Waals surface area contributed by atoms with Gasteiger partial charge in [0, 0.05) is 20.2 Å². The first-order valence-corrected chi connectivity index (χ1v) is 5.25. The number of likely N-dealkylation sites (N-methyl/N-ethyl adjacent to an activating group) is 1. The molecule has 1 saturated heterocycles. The number of hydrogen-bond donors (Lipinski definition) is 2. The third-order valence-corrected chi connectivity index (χ3v) is 3.03. The number of nitrogens with zero attached hydrogens (tertiary/aromatic N) is 1. The van der Waals surface area contributed by atoms with Crippen molar-refractivity contribution in [2.75, 3.05) is 26.7 Å². The molecular weight excluding hydrogens is 180 g/mol. The molecular formula is C10H20N2O2. The van der Waals surface area contributed by atoms with Crippen molar-refractivity contribution >= 4 is 5.91 Å². The summed E-state index contributed by atoms with van der Waals surface area (Å²) in [7, 11) is 1.67. The molecule has 0 aromatic heterocycles. The van der Waals surface area contributed by atoms with Crippen LogP contribution in [0.2, 0.25) is 0 Å². The van der Waals surface area contributed by atoms with Gasteiger partial charge in [-0.2, -0.15) is 0 Å². The number of amides is 1. The number of likely N-dealkylation sites (tertiary alicyclic amines) is 1. The highest BCUT2D eigenvalue weighted by Gasteiger charge is 2.28. The van der Waals surface area contributed by atoms with Crippen LogP contribution in [0.3, 0.4) is 0 Å². The summed E-state index contributed by atoms with van der Waals surface area (Å²) < 4.78 is 0. The molecule has 0 aromatic carbocycles. The van der Waals surface area contributed by atoms with Crippen molar-refractivity contribution in [2.24, 2.45) is 5.92 Å². The molecule has 2 atom stereocenters. The van der Waals surface area contributed by atoms with Gasteiger partial charge in [-0.15, -0.1) is 0 Å². The Kier molecular flexibility index (Phi) is 4.35. The monoisotopic (exact) mass is 200 g/mol. The minimum atomic E-state index is -0.0382. The first-order valence-electron chi connectivity index (χ1n) is 5.25. The van der Waals surface area contributed by atoms with Gasteiger partial charge in [-0.3, -0.25) is 9.69 Å². The summed E-state index contributed by atoms with van der Waals surface area (Å²) in [5.74, 6) is 0.641. The fourth-order valence-electron chi connectivity index (χ4n) is 2.01. The molecule has 14 heavy (non-hydrogen) atoms. The SMILES string of the molecule is CNC(=O)C(C)N1CCC(CCO)C1. The molecule has 4 heteroatoms. The predicted molar refractivity (Wildman–Crippen MR) is 54.9 cm³/mol. The molecule has 0 bridgehead atoms. The Balaban J connectivity index is 2.37. The molecule has 0 radical (unpaired) electrons. The molecule has 2 N–H and O–H groups in total. The van der Waals surface area contributed by atoms with Crippen LogP contribution in [0.5, 0.6) is 0 Å². The van der Waals surface area contributed by atoms with Gasteiger partial charge in [0.05, 0.1) is 6.04 Å². The molecule has 1 aliphatic rings.